The molecule has 0 atom stereocenters. The molecule has 0 aliphatic carbocycles. The van der Waals surface area contributed by atoms with E-state index in [9.17, 15) is 13.2 Å². The molecule has 0 aliphatic heterocycles. The van der Waals surface area contributed by atoms with Gasteiger partial charge in [-0.1, -0.05) is 30.3 Å². The average molecular weight is 397 g/mol. The minimum atomic E-state index is -3.80. The molecule has 1 N–H and O–H groups in total. The van der Waals surface area contributed by atoms with Gasteiger partial charge in [-0.3, -0.25) is 4.31 Å². The van der Waals surface area contributed by atoms with Crippen LogP contribution in [-0.2, 0) is 16.6 Å². The van der Waals surface area contributed by atoms with Crippen molar-refractivity contribution in [2.75, 3.05) is 11.4 Å². The Kier molecular flexibility index (Phi) is 5.65. The summed E-state index contributed by atoms with van der Waals surface area (Å²) in [7, 11) is -2.36. The van der Waals surface area contributed by atoms with Crippen LogP contribution in [0.2, 0.25) is 0 Å². The summed E-state index contributed by atoms with van der Waals surface area (Å²) in [5, 5.41) is 8.94. The van der Waals surface area contributed by atoms with Gasteiger partial charge in [-0.2, -0.15) is 0 Å². The Bertz CT molecular complexity index is 1050. The van der Waals surface area contributed by atoms with E-state index in [1.165, 1.54) is 31.3 Å². The van der Waals surface area contributed by atoms with Crippen LogP contribution in [0.25, 0.3) is 0 Å². The highest BCUT2D eigenvalue weighted by molar-refractivity contribution is 7.92. The Morgan fingerprint density at radius 2 is 1.54 bits per heavy atom. The normalized spacial score (nSPS) is 11.0. The van der Waals surface area contributed by atoms with Crippen LogP contribution in [-0.4, -0.2) is 26.5 Å². The van der Waals surface area contributed by atoms with E-state index in [2.05, 4.69) is 0 Å². The molecule has 0 unspecified atom stereocenters. The second kappa shape index (κ2) is 8.14. The summed E-state index contributed by atoms with van der Waals surface area (Å²) in [6.45, 7) is 0.421. The molecule has 0 saturated carbocycles. The predicted molar refractivity (Wildman–Crippen MR) is 106 cm³/mol. The van der Waals surface area contributed by atoms with Gasteiger partial charge in [-0.25, -0.2) is 13.2 Å². The number of benzene rings is 3. The molecular weight excluding hydrogens is 378 g/mol. The first-order chi connectivity index (χ1) is 13.4. The van der Waals surface area contributed by atoms with Crippen molar-refractivity contribution in [1.82, 2.24) is 0 Å². The molecule has 0 amide bonds. The van der Waals surface area contributed by atoms with Gasteiger partial charge in [0, 0.05) is 7.05 Å². The number of hydrogen-bond acceptors (Lipinski definition) is 4. The van der Waals surface area contributed by atoms with Crippen LogP contribution < -0.4 is 9.04 Å². The summed E-state index contributed by atoms with van der Waals surface area (Å²) in [4.78, 5) is 10.9. The average Bonchev–Trinajstić information content (AvgIpc) is 2.73. The highest BCUT2D eigenvalue weighted by Crippen LogP contribution is 2.25. The van der Waals surface area contributed by atoms with Gasteiger partial charge in [0.05, 0.1) is 16.1 Å². The summed E-state index contributed by atoms with van der Waals surface area (Å²) >= 11 is 0. The van der Waals surface area contributed by atoms with Gasteiger partial charge in [0.1, 0.15) is 12.4 Å². The second-order valence-corrected chi connectivity index (χ2v) is 8.04. The zero-order chi connectivity index (χ0) is 20.1. The molecule has 3 aromatic rings. The molecule has 0 fully saturated rings. The fourth-order valence-electron chi connectivity index (χ4n) is 2.56. The highest BCUT2D eigenvalue weighted by Gasteiger charge is 2.21. The topological polar surface area (TPSA) is 83.9 Å². The third-order valence-corrected chi connectivity index (χ3v) is 6.01. The first-order valence-corrected chi connectivity index (χ1v) is 9.91. The van der Waals surface area contributed by atoms with Crippen LogP contribution in [0.15, 0.2) is 83.8 Å². The lowest BCUT2D eigenvalue weighted by molar-refractivity contribution is 0.0696. The Labute approximate surface area is 163 Å². The summed E-state index contributed by atoms with van der Waals surface area (Å²) in [5.74, 6) is -0.479. The van der Waals surface area contributed by atoms with Crippen LogP contribution in [0, 0.1) is 0 Å². The number of carbonyl (C=O) groups is 1. The standard InChI is InChI=1S/C21H19NO5S/c1-22(28(25,26)20-13-7-17(8-14-20)21(23)24)18-9-11-19(12-10-18)27-15-16-5-3-2-4-6-16/h2-14H,15H2,1H3,(H,23,24). The maximum atomic E-state index is 12.8. The van der Waals surface area contributed by atoms with Crippen LogP contribution >= 0.6 is 0 Å². The molecule has 0 aromatic heterocycles. The van der Waals surface area contributed by atoms with Crippen molar-refractivity contribution in [2.24, 2.45) is 0 Å². The number of rotatable bonds is 7. The fourth-order valence-corrected chi connectivity index (χ4v) is 3.76. The van der Waals surface area contributed by atoms with E-state index < -0.39 is 16.0 Å². The van der Waals surface area contributed by atoms with Crippen molar-refractivity contribution in [1.29, 1.82) is 0 Å². The molecule has 7 heteroatoms. The van der Waals surface area contributed by atoms with E-state index in [0.29, 0.717) is 18.0 Å². The van der Waals surface area contributed by atoms with Gasteiger partial charge in [0.25, 0.3) is 10.0 Å². The number of nitrogens with zero attached hydrogens (tertiary/aromatic N) is 1. The largest absolute Gasteiger partial charge is 0.489 e. The van der Waals surface area contributed by atoms with Crippen molar-refractivity contribution in [2.45, 2.75) is 11.5 Å². The molecule has 3 rings (SSSR count). The van der Waals surface area contributed by atoms with E-state index >= 15 is 0 Å². The van der Waals surface area contributed by atoms with Gasteiger partial charge in [-0.15, -0.1) is 0 Å². The Balaban J connectivity index is 1.72. The zero-order valence-corrected chi connectivity index (χ0v) is 16.0. The van der Waals surface area contributed by atoms with Crippen molar-refractivity contribution < 1.29 is 23.1 Å². The minimum Gasteiger partial charge on any atom is -0.489 e. The van der Waals surface area contributed by atoms with Crippen LogP contribution in [0.5, 0.6) is 5.75 Å². The molecule has 0 saturated heterocycles. The minimum absolute atomic E-state index is 0.0180. The lowest BCUT2D eigenvalue weighted by Gasteiger charge is -2.20. The van der Waals surface area contributed by atoms with Crippen LogP contribution in [0.4, 0.5) is 5.69 Å². The molecule has 3 aromatic carbocycles. The van der Waals surface area contributed by atoms with Gasteiger partial charge in [0.15, 0.2) is 0 Å². The Hall–Kier alpha value is -3.32. The van der Waals surface area contributed by atoms with Gasteiger partial charge in [-0.05, 0) is 54.1 Å². The number of sulfonamides is 1. The van der Waals surface area contributed by atoms with Crippen molar-refractivity contribution in [3.05, 3.63) is 90.0 Å². The number of carboxylic acids is 1. The molecule has 0 aliphatic rings. The molecule has 28 heavy (non-hydrogen) atoms. The molecule has 0 spiro atoms. The molecule has 6 nitrogen and oxygen atoms in total. The smallest absolute Gasteiger partial charge is 0.335 e. The van der Waals surface area contributed by atoms with E-state index in [4.69, 9.17) is 9.84 Å². The molecule has 0 bridgehead atoms. The number of carboxylic acid groups (broad SMARTS) is 1. The van der Waals surface area contributed by atoms with E-state index in [-0.39, 0.29) is 10.5 Å². The lowest BCUT2D eigenvalue weighted by atomic mass is 10.2. The van der Waals surface area contributed by atoms with E-state index in [1.54, 1.807) is 24.3 Å². The number of hydrogen-bond donors (Lipinski definition) is 1. The zero-order valence-electron chi connectivity index (χ0n) is 15.1. The van der Waals surface area contributed by atoms with Crippen LogP contribution in [0.1, 0.15) is 15.9 Å². The van der Waals surface area contributed by atoms with E-state index in [0.717, 1.165) is 9.87 Å². The SMILES string of the molecule is CN(c1ccc(OCc2ccccc2)cc1)S(=O)(=O)c1ccc(C(=O)O)cc1. The Morgan fingerprint density at radius 1 is 0.929 bits per heavy atom. The number of anilines is 1. The fraction of sp³-hybridized carbons (Fsp3) is 0.0952. The van der Waals surface area contributed by atoms with Gasteiger partial charge in [0.2, 0.25) is 0 Å². The maximum absolute atomic E-state index is 12.8. The molecular formula is C21H19NO5S. The Morgan fingerprint density at radius 3 is 2.11 bits per heavy atom. The second-order valence-electron chi connectivity index (χ2n) is 6.07. The third-order valence-electron chi connectivity index (χ3n) is 4.21. The first-order valence-electron chi connectivity index (χ1n) is 8.47. The molecule has 0 radical (unpaired) electrons. The summed E-state index contributed by atoms with van der Waals surface area (Å²) in [5.41, 5.74) is 1.53. The summed E-state index contributed by atoms with van der Waals surface area (Å²) in [6.07, 6.45) is 0. The summed E-state index contributed by atoms with van der Waals surface area (Å²) < 4.78 is 32.4. The monoisotopic (exact) mass is 397 g/mol. The van der Waals surface area contributed by atoms with Crippen molar-refractivity contribution >= 4 is 21.7 Å². The van der Waals surface area contributed by atoms with E-state index in [1.807, 2.05) is 30.3 Å². The maximum Gasteiger partial charge on any atom is 0.335 e. The lowest BCUT2D eigenvalue weighted by Crippen LogP contribution is -2.26. The molecule has 0 heterocycles. The van der Waals surface area contributed by atoms with Crippen LogP contribution in [0.3, 0.4) is 0 Å². The van der Waals surface area contributed by atoms with Crippen molar-refractivity contribution in [3.8, 4) is 5.75 Å². The van der Waals surface area contributed by atoms with Gasteiger partial charge < -0.3 is 9.84 Å². The number of ether oxygens (including phenoxy) is 1. The third kappa shape index (κ3) is 4.32. The quantitative estimate of drug-likeness (QED) is 0.656. The van der Waals surface area contributed by atoms with Crippen molar-refractivity contribution in [3.63, 3.8) is 0 Å². The predicted octanol–water partition coefficient (Wildman–Crippen LogP) is 3.79. The summed E-state index contributed by atoms with van der Waals surface area (Å²) in [6, 6.07) is 21.6. The molecule has 144 valence electrons. The highest BCUT2D eigenvalue weighted by atomic mass is 32.2. The first kappa shape index (κ1) is 19.4. The number of aromatic carboxylic acids is 1. The van der Waals surface area contributed by atoms with Gasteiger partial charge >= 0.3 is 5.97 Å².